The molecule has 0 aromatic rings. The maximum atomic E-state index is 9.99. The Kier molecular flexibility index (Phi) is 7.18. The molecular weight excluding hydrogens is 183 g/mol. The second kappa shape index (κ2) is 5.23. The van der Waals surface area contributed by atoms with Crippen LogP contribution in [0.3, 0.4) is 0 Å². The van der Waals surface area contributed by atoms with E-state index in [-0.39, 0.29) is 44.2 Å². The third-order valence-electron chi connectivity index (χ3n) is 0.446. The molecule has 0 rings (SSSR count). The first-order valence-electron chi connectivity index (χ1n) is 1.97. The van der Waals surface area contributed by atoms with Gasteiger partial charge in [0.05, 0.1) is 0 Å². The predicted molar refractivity (Wildman–Crippen MR) is 25.7 cm³/mol. The van der Waals surface area contributed by atoms with E-state index in [0.29, 0.717) is 0 Å². The third-order valence-corrected chi connectivity index (χ3v) is 0.446. The summed E-state index contributed by atoms with van der Waals surface area (Å²) >= 11 is 0. The Morgan fingerprint density at radius 2 is 1.88 bits per heavy atom. The number of carbonyl (C=O) groups excluding carboxylic acids is 2. The van der Waals surface area contributed by atoms with Gasteiger partial charge in [0.1, 0.15) is 5.78 Å². The fraction of sp³-hybridized carbons (Fsp3) is 0.400. The van der Waals surface area contributed by atoms with E-state index in [1.54, 1.807) is 0 Å². The summed E-state index contributed by atoms with van der Waals surface area (Å²) < 4.78 is 0. The van der Waals surface area contributed by atoms with E-state index < -0.39 is 0 Å². The van der Waals surface area contributed by atoms with Gasteiger partial charge in [-0.15, -0.1) is 0 Å². The Balaban J connectivity index is 0. The summed E-state index contributed by atoms with van der Waals surface area (Å²) in [6, 6.07) is 0. The Morgan fingerprint density at radius 1 is 1.50 bits per heavy atom. The topological polar surface area (TPSA) is 34.1 Å². The molecule has 0 N–H and O–H groups in total. The summed E-state index contributed by atoms with van der Waals surface area (Å²) in [5, 5.41) is 0. The molecule has 2 nitrogen and oxygen atoms in total. The molecular formula is C5H7O2Zr-. The largest absolute Gasteiger partial charge is 0.339 e. The van der Waals surface area contributed by atoms with E-state index in [0.717, 1.165) is 0 Å². The molecule has 44 valence electrons. The SMILES string of the molecule is [CH2-]C(=O)CC(C)=O.[Zr]. The van der Waals surface area contributed by atoms with E-state index in [1.165, 1.54) is 6.92 Å². The smallest absolute Gasteiger partial charge is 0.134 e. The number of hydrogen-bond donors (Lipinski definition) is 0. The minimum absolute atomic E-state index is 0. The third kappa shape index (κ3) is 9.43. The van der Waals surface area contributed by atoms with Gasteiger partial charge >= 0.3 is 0 Å². The van der Waals surface area contributed by atoms with Crippen LogP contribution in [0.1, 0.15) is 13.3 Å². The average molecular weight is 190 g/mol. The molecule has 0 saturated heterocycles. The van der Waals surface area contributed by atoms with Crippen LogP contribution in [0.2, 0.25) is 0 Å². The second-order valence-corrected chi connectivity index (χ2v) is 1.42. The van der Waals surface area contributed by atoms with Crippen molar-refractivity contribution in [1.82, 2.24) is 0 Å². The average Bonchev–Trinajstić information content (AvgIpc) is 1.27. The zero-order chi connectivity index (χ0) is 5.86. The van der Waals surface area contributed by atoms with Gasteiger partial charge in [-0.25, -0.2) is 0 Å². The maximum Gasteiger partial charge on any atom is 0.134 e. The molecule has 0 fully saturated rings. The number of ketones is 2. The summed E-state index contributed by atoms with van der Waals surface area (Å²) in [7, 11) is 0. The normalized spacial score (nSPS) is 7.12. The maximum absolute atomic E-state index is 9.99. The molecule has 3 heteroatoms. The zero-order valence-electron chi connectivity index (χ0n) is 4.73. The zero-order valence-corrected chi connectivity index (χ0v) is 7.19. The van der Waals surface area contributed by atoms with E-state index in [4.69, 9.17) is 0 Å². The summed E-state index contributed by atoms with van der Waals surface area (Å²) in [5.41, 5.74) is 0. The van der Waals surface area contributed by atoms with Gasteiger partial charge in [0.2, 0.25) is 0 Å². The Labute approximate surface area is 67.8 Å². The molecule has 0 aliphatic rings. The molecule has 0 aliphatic carbocycles. The van der Waals surface area contributed by atoms with E-state index >= 15 is 0 Å². The summed E-state index contributed by atoms with van der Waals surface area (Å²) in [5.74, 6) is -0.437. The van der Waals surface area contributed by atoms with Gasteiger partial charge < -0.3 is 11.7 Å². The first kappa shape index (κ1) is 11.0. The molecule has 0 atom stereocenters. The van der Waals surface area contributed by atoms with Crippen LogP contribution in [0.5, 0.6) is 0 Å². The van der Waals surface area contributed by atoms with Crippen LogP contribution >= 0.6 is 0 Å². The van der Waals surface area contributed by atoms with Gasteiger partial charge in [-0.1, -0.05) is 0 Å². The molecule has 0 amide bonds. The number of carbonyl (C=O) groups is 2. The molecule has 0 aromatic heterocycles. The Hall–Kier alpha value is 0.0931. The molecule has 0 radical (unpaired) electrons. The van der Waals surface area contributed by atoms with Crippen LogP contribution in [0.15, 0.2) is 0 Å². The molecule has 0 heterocycles. The van der Waals surface area contributed by atoms with E-state index in [9.17, 15) is 9.59 Å². The molecule has 0 bridgehead atoms. The van der Waals surface area contributed by atoms with Crippen molar-refractivity contribution in [3.8, 4) is 0 Å². The fourth-order valence-corrected chi connectivity index (χ4v) is 0.278. The number of hydrogen-bond acceptors (Lipinski definition) is 2. The minimum atomic E-state index is -0.312. The summed E-state index contributed by atoms with van der Waals surface area (Å²) in [6.07, 6.45) is -0.0278. The quantitative estimate of drug-likeness (QED) is 0.465. The van der Waals surface area contributed by atoms with E-state index in [1.807, 2.05) is 0 Å². The van der Waals surface area contributed by atoms with Crippen LogP contribution in [0.25, 0.3) is 0 Å². The molecule has 0 aliphatic heterocycles. The number of Topliss-reactive ketones (excluding diaryl/α,β-unsaturated/α-hetero) is 2. The first-order valence-corrected chi connectivity index (χ1v) is 1.97. The van der Waals surface area contributed by atoms with Crippen molar-refractivity contribution >= 4 is 11.6 Å². The Bertz CT molecular complexity index is 86.6. The second-order valence-electron chi connectivity index (χ2n) is 1.42. The summed E-state index contributed by atoms with van der Waals surface area (Å²) in [4.78, 5) is 19.9. The fourth-order valence-electron chi connectivity index (χ4n) is 0.278. The molecule has 0 unspecified atom stereocenters. The van der Waals surface area contributed by atoms with E-state index in [2.05, 4.69) is 6.92 Å². The molecule has 8 heavy (non-hydrogen) atoms. The van der Waals surface area contributed by atoms with Gasteiger partial charge in [-0.3, -0.25) is 4.79 Å². The Morgan fingerprint density at radius 3 is 1.88 bits per heavy atom. The monoisotopic (exact) mass is 189 g/mol. The first-order chi connectivity index (χ1) is 3.13. The van der Waals surface area contributed by atoms with Crippen LogP contribution in [0, 0.1) is 6.92 Å². The van der Waals surface area contributed by atoms with Gasteiger partial charge in [0.15, 0.2) is 0 Å². The van der Waals surface area contributed by atoms with Gasteiger partial charge in [-0.05, 0) is 6.92 Å². The van der Waals surface area contributed by atoms with Crippen molar-refractivity contribution in [2.45, 2.75) is 13.3 Å². The van der Waals surface area contributed by atoms with Crippen molar-refractivity contribution in [2.24, 2.45) is 0 Å². The summed E-state index contributed by atoms with van der Waals surface area (Å²) in [6.45, 7) is 4.38. The standard InChI is InChI=1S/C5H7O2.Zr/c1-4(6)3-5(2)7;/h1,3H2,2H3;/q-1;. The van der Waals surface area contributed by atoms with Gasteiger partial charge in [-0.2, -0.15) is 0 Å². The van der Waals surface area contributed by atoms with Crippen molar-refractivity contribution in [3.63, 3.8) is 0 Å². The van der Waals surface area contributed by atoms with Crippen molar-refractivity contribution < 1.29 is 35.8 Å². The van der Waals surface area contributed by atoms with Gasteiger partial charge in [0, 0.05) is 38.4 Å². The van der Waals surface area contributed by atoms with Crippen molar-refractivity contribution in [3.05, 3.63) is 6.92 Å². The molecule has 0 spiro atoms. The number of rotatable bonds is 2. The van der Waals surface area contributed by atoms with Crippen LogP contribution in [-0.4, -0.2) is 11.6 Å². The van der Waals surface area contributed by atoms with Crippen LogP contribution in [-0.2, 0) is 35.8 Å². The molecule has 0 saturated carbocycles. The van der Waals surface area contributed by atoms with Crippen LogP contribution < -0.4 is 0 Å². The van der Waals surface area contributed by atoms with Gasteiger partial charge in [0.25, 0.3) is 0 Å². The van der Waals surface area contributed by atoms with Crippen LogP contribution in [0.4, 0.5) is 0 Å². The van der Waals surface area contributed by atoms with Crippen molar-refractivity contribution in [2.75, 3.05) is 0 Å². The molecule has 0 aromatic carbocycles. The van der Waals surface area contributed by atoms with Crippen molar-refractivity contribution in [1.29, 1.82) is 0 Å². The predicted octanol–water partition coefficient (Wildman–Crippen LogP) is 0.366. The minimum Gasteiger partial charge on any atom is -0.339 e.